The molecule has 2 N–H and O–H groups in total. The van der Waals surface area contributed by atoms with Crippen LogP contribution in [0.2, 0.25) is 0 Å². The molecule has 0 fully saturated rings. The van der Waals surface area contributed by atoms with Crippen LogP contribution in [0, 0.1) is 0 Å². The molecule has 1 aromatic carbocycles. The molecular weight excluding hydrogens is 274 g/mol. The van der Waals surface area contributed by atoms with Gasteiger partial charge in [-0.25, -0.2) is 0 Å². The molecule has 0 radical (unpaired) electrons. The molecule has 0 saturated carbocycles. The average Bonchev–Trinajstić information content (AvgIpc) is 2.65. The quantitative estimate of drug-likeness (QED) is 0.884. The zero-order valence-corrected chi connectivity index (χ0v) is 10.6. The summed E-state index contributed by atoms with van der Waals surface area (Å²) in [6.45, 7) is 3.30. The highest BCUT2D eigenvalue weighted by Crippen LogP contribution is 2.39. The molecule has 4 nitrogen and oxygen atoms in total. The number of nitrogens with one attached hydrogen (secondary N) is 1. The summed E-state index contributed by atoms with van der Waals surface area (Å²) in [5.41, 5.74) is 1.09. The van der Waals surface area contributed by atoms with Gasteiger partial charge in [-0.1, -0.05) is 0 Å². The van der Waals surface area contributed by atoms with Gasteiger partial charge in [0.15, 0.2) is 11.5 Å². The molecule has 0 amide bonds. The molecular formula is C11H14BrNO3. The molecule has 0 spiro atoms. The molecule has 1 atom stereocenters. The molecule has 0 unspecified atom stereocenters. The highest BCUT2D eigenvalue weighted by atomic mass is 79.9. The van der Waals surface area contributed by atoms with Gasteiger partial charge in [-0.15, -0.1) is 0 Å². The van der Waals surface area contributed by atoms with Crippen molar-refractivity contribution in [3.8, 4) is 11.5 Å². The number of aliphatic hydroxyl groups is 1. The highest BCUT2D eigenvalue weighted by molar-refractivity contribution is 9.10. The molecule has 2 rings (SSSR count). The third kappa shape index (κ3) is 2.66. The van der Waals surface area contributed by atoms with Gasteiger partial charge in [0.1, 0.15) is 0 Å². The van der Waals surface area contributed by atoms with Crippen LogP contribution in [0.5, 0.6) is 11.5 Å². The van der Waals surface area contributed by atoms with Gasteiger partial charge in [-0.05, 0) is 40.5 Å². The molecule has 5 heteroatoms. The molecule has 16 heavy (non-hydrogen) atoms. The van der Waals surface area contributed by atoms with E-state index in [1.54, 1.807) is 6.92 Å². The van der Waals surface area contributed by atoms with E-state index >= 15 is 0 Å². The highest BCUT2D eigenvalue weighted by Gasteiger charge is 2.17. The largest absolute Gasteiger partial charge is 0.454 e. The van der Waals surface area contributed by atoms with E-state index in [1.165, 1.54) is 0 Å². The van der Waals surface area contributed by atoms with Crippen LogP contribution in [-0.4, -0.2) is 24.5 Å². The Bertz CT molecular complexity index is 382. The van der Waals surface area contributed by atoms with Crippen LogP contribution in [0.4, 0.5) is 0 Å². The second kappa shape index (κ2) is 5.03. The number of rotatable bonds is 4. The van der Waals surface area contributed by atoms with Gasteiger partial charge in [-0.3, -0.25) is 0 Å². The fourth-order valence-electron chi connectivity index (χ4n) is 1.55. The summed E-state index contributed by atoms with van der Waals surface area (Å²) in [7, 11) is 0. The van der Waals surface area contributed by atoms with Crippen molar-refractivity contribution in [3.05, 3.63) is 22.2 Å². The SMILES string of the molecule is C[C@H](O)CNCc1cc(Br)c2c(c1)OCO2. The first-order chi connectivity index (χ1) is 7.66. The van der Waals surface area contributed by atoms with Crippen LogP contribution in [0.25, 0.3) is 0 Å². The lowest BCUT2D eigenvalue weighted by Crippen LogP contribution is -2.23. The van der Waals surface area contributed by atoms with Gasteiger partial charge in [0.25, 0.3) is 0 Å². The summed E-state index contributed by atoms with van der Waals surface area (Å²) in [6.07, 6.45) is -0.336. The average molecular weight is 288 g/mol. The van der Waals surface area contributed by atoms with Crippen LogP contribution in [0.15, 0.2) is 16.6 Å². The van der Waals surface area contributed by atoms with Crippen LogP contribution < -0.4 is 14.8 Å². The van der Waals surface area contributed by atoms with Crippen LogP contribution >= 0.6 is 15.9 Å². The van der Waals surface area contributed by atoms with E-state index in [2.05, 4.69) is 21.2 Å². The Morgan fingerprint density at radius 2 is 2.31 bits per heavy atom. The van der Waals surface area contributed by atoms with E-state index in [1.807, 2.05) is 12.1 Å². The summed E-state index contributed by atoms with van der Waals surface area (Å²) in [6, 6.07) is 3.94. The van der Waals surface area contributed by atoms with Crippen molar-refractivity contribution in [1.29, 1.82) is 0 Å². The maximum absolute atomic E-state index is 9.12. The summed E-state index contributed by atoms with van der Waals surface area (Å²) < 4.78 is 11.5. The van der Waals surface area contributed by atoms with Gasteiger partial charge in [0.05, 0.1) is 10.6 Å². The van der Waals surface area contributed by atoms with Crippen molar-refractivity contribution in [3.63, 3.8) is 0 Å². The number of ether oxygens (including phenoxy) is 2. The van der Waals surface area contributed by atoms with E-state index in [9.17, 15) is 0 Å². The van der Waals surface area contributed by atoms with E-state index in [-0.39, 0.29) is 12.9 Å². The number of fused-ring (bicyclic) bond motifs is 1. The van der Waals surface area contributed by atoms with Crippen molar-refractivity contribution in [2.75, 3.05) is 13.3 Å². The predicted octanol–water partition coefficient (Wildman–Crippen LogP) is 1.65. The van der Waals surface area contributed by atoms with E-state index < -0.39 is 0 Å². The summed E-state index contributed by atoms with van der Waals surface area (Å²) in [5.74, 6) is 1.53. The first-order valence-electron chi connectivity index (χ1n) is 5.13. The molecule has 0 bridgehead atoms. The summed E-state index contributed by atoms with van der Waals surface area (Å²) in [4.78, 5) is 0. The van der Waals surface area contributed by atoms with Crippen LogP contribution in [0.3, 0.4) is 0 Å². The Morgan fingerprint density at radius 3 is 3.06 bits per heavy atom. The number of benzene rings is 1. The van der Waals surface area contributed by atoms with E-state index in [0.29, 0.717) is 13.1 Å². The standard InChI is InChI=1S/C11H14BrNO3/c1-7(14)4-13-5-8-2-9(12)11-10(3-8)15-6-16-11/h2-3,7,13-14H,4-6H2,1H3/t7-/m0/s1. The Kier molecular flexibility index (Phi) is 3.68. The minimum atomic E-state index is -0.336. The minimum absolute atomic E-state index is 0.276. The molecule has 1 aliphatic heterocycles. The number of hydrogen-bond donors (Lipinski definition) is 2. The van der Waals surface area contributed by atoms with Crippen LogP contribution in [0.1, 0.15) is 12.5 Å². The third-order valence-corrected chi connectivity index (χ3v) is 2.84. The molecule has 1 heterocycles. The Hall–Kier alpha value is -0.780. The second-order valence-electron chi connectivity index (χ2n) is 3.79. The van der Waals surface area contributed by atoms with Crippen molar-refractivity contribution in [1.82, 2.24) is 5.32 Å². The Labute approximate surface area is 103 Å². The normalized spacial score (nSPS) is 15.2. The second-order valence-corrected chi connectivity index (χ2v) is 4.65. The number of hydrogen-bond acceptors (Lipinski definition) is 4. The zero-order chi connectivity index (χ0) is 11.5. The number of halogens is 1. The molecule has 1 aliphatic rings. The third-order valence-electron chi connectivity index (χ3n) is 2.26. The van der Waals surface area contributed by atoms with Crippen LogP contribution in [-0.2, 0) is 6.54 Å². The molecule has 0 saturated heterocycles. The predicted molar refractivity (Wildman–Crippen MR) is 63.7 cm³/mol. The lowest BCUT2D eigenvalue weighted by Gasteiger charge is -2.08. The lowest BCUT2D eigenvalue weighted by atomic mass is 10.2. The fraction of sp³-hybridized carbons (Fsp3) is 0.455. The van der Waals surface area contributed by atoms with Gasteiger partial charge in [-0.2, -0.15) is 0 Å². The first kappa shape index (κ1) is 11.7. The van der Waals surface area contributed by atoms with Gasteiger partial charge in [0, 0.05) is 13.1 Å². The van der Waals surface area contributed by atoms with Crippen molar-refractivity contribution in [2.45, 2.75) is 19.6 Å². The van der Waals surface area contributed by atoms with E-state index in [4.69, 9.17) is 14.6 Å². The topological polar surface area (TPSA) is 50.7 Å². The van der Waals surface area contributed by atoms with Gasteiger partial charge in [0.2, 0.25) is 6.79 Å². The molecule has 1 aromatic rings. The molecule has 0 aromatic heterocycles. The Balaban J connectivity index is 2.03. The summed E-state index contributed by atoms with van der Waals surface area (Å²) >= 11 is 3.44. The summed E-state index contributed by atoms with van der Waals surface area (Å²) in [5, 5.41) is 12.3. The van der Waals surface area contributed by atoms with Gasteiger partial charge < -0.3 is 19.9 Å². The molecule has 88 valence electrons. The maximum Gasteiger partial charge on any atom is 0.231 e. The molecule has 0 aliphatic carbocycles. The van der Waals surface area contributed by atoms with Gasteiger partial charge >= 0.3 is 0 Å². The van der Waals surface area contributed by atoms with Crippen molar-refractivity contribution >= 4 is 15.9 Å². The minimum Gasteiger partial charge on any atom is -0.454 e. The lowest BCUT2D eigenvalue weighted by molar-refractivity contribution is 0.173. The number of aliphatic hydroxyl groups excluding tert-OH is 1. The monoisotopic (exact) mass is 287 g/mol. The zero-order valence-electron chi connectivity index (χ0n) is 9.00. The van der Waals surface area contributed by atoms with Crippen molar-refractivity contribution < 1.29 is 14.6 Å². The maximum atomic E-state index is 9.12. The van der Waals surface area contributed by atoms with Crippen molar-refractivity contribution in [2.24, 2.45) is 0 Å². The first-order valence-corrected chi connectivity index (χ1v) is 5.93. The fourth-order valence-corrected chi connectivity index (χ4v) is 2.15. The van der Waals surface area contributed by atoms with E-state index in [0.717, 1.165) is 21.5 Å². The smallest absolute Gasteiger partial charge is 0.231 e. The Morgan fingerprint density at radius 1 is 1.50 bits per heavy atom.